The lowest BCUT2D eigenvalue weighted by Gasteiger charge is -2.15. The number of aliphatic carboxylic acids is 1. The molecule has 0 amide bonds. The molecule has 0 heterocycles. The Balaban J connectivity index is 2.51. The van der Waals surface area contributed by atoms with Crippen molar-refractivity contribution in [1.29, 1.82) is 0 Å². The van der Waals surface area contributed by atoms with Crippen molar-refractivity contribution in [2.24, 2.45) is 0 Å². The maximum atomic E-state index is 10.9. The molecular weight excluding hydrogens is 214 g/mol. The van der Waals surface area contributed by atoms with Gasteiger partial charge in [-0.15, -0.1) is 0 Å². The molecule has 17 heavy (non-hydrogen) atoms. The number of carbonyl (C=O) groups is 1. The van der Waals surface area contributed by atoms with Gasteiger partial charge in [-0.1, -0.05) is 36.4 Å². The average molecular weight is 229 g/mol. The third-order valence-corrected chi connectivity index (χ3v) is 2.87. The molecule has 0 aliphatic heterocycles. The number of fused-ring (bicyclic) bond motifs is 1. The standard InChI is InChI=1S/C14H15NO2/c1-9-7-8-11-5-3-4-6-12(11)13(9)15-10(2)14(16)17/h3-8,10,15H,1-2H3,(H,16,17)/t10-/m0/s1. The Kier molecular flexibility index (Phi) is 3.00. The smallest absolute Gasteiger partial charge is 0.325 e. The van der Waals surface area contributed by atoms with Crippen molar-refractivity contribution in [3.63, 3.8) is 0 Å². The molecule has 88 valence electrons. The van der Waals surface area contributed by atoms with Crippen molar-refractivity contribution in [3.8, 4) is 0 Å². The second kappa shape index (κ2) is 4.45. The molecule has 0 spiro atoms. The molecule has 2 rings (SSSR count). The molecule has 2 aromatic rings. The quantitative estimate of drug-likeness (QED) is 0.850. The molecule has 0 bridgehead atoms. The molecule has 0 aliphatic rings. The van der Waals surface area contributed by atoms with Crippen LogP contribution in [0.25, 0.3) is 10.8 Å². The zero-order valence-electron chi connectivity index (χ0n) is 9.90. The summed E-state index contributed by atoms with van der Waals surface area (Å²) >= 11 is 0. The van der Waals surface area contributed by atoms with Gasteiger partial charge in [0.15, 0.2) is 0 Å². The van der Waals surface area contributed by atoms with Crippen LogP contribution < -0.4 is 5.32 Å². The first-order valence-electron chi connectivity index (χ1n) is 5.57. The van der Waals surface area contributed by atoms with Crippen LogP contribution in [0, 0.1) is 6.92 Å². The molecule has 0 saturated heterocycles. The van der Waals surface area contributed by atoms with Crippen LogP contribution in [0.15, 0.2) is 36.4 Å². The van der Waals surface area contributed by atoms with Crippen LogP contribution in [0.4, 0.5) is 5.69 Å². The van der Waals surface area contributed by atoms with Crippen LogP contribution in [0.1, 0.15) is 12.5 Å². The van der Waals surface area contributed by atoms with Crippen LogP contribution in [0.2, 0.25) is 0 Å². The lowest BCUT2D eigenvalue weighted by atomic mass is 10.0. The summed E-state index contributed by atoms with van der Waals surface area (Å²) in [4.78, 5) is 10.9. The zero-order chi connectivity index (χ0) is 12.4. The fraction of sp³-hybridized carbons (Fsp3) is 0.214. The van der Waals surface area contributed by atoms with Crippen molar-refractivity contribution >= 4 is 22.4 Å². The number of carboxylic acids is 1. The fourth-order valence-corrected chi connectivity index (χ4v) is 1.85. The molecule has 0 radical (unpaired) electrons. The number of hydrogen-bond donors (Lipinski definition) is 2. The van der Waals surface area contributed by atoms with Gasteiger partial charge in [0.2, 0.25) is 0 Å². The van der Waals surface area contributed by atoms with E-state index < -0.39 is 12.0 Å². The summed E-state index contributed by atoms with van der Waals surface area (Å²) in [5.41, 5.74) is 1.95. The molecule has 3 nitrogen and oxygen atoms in total. The number of benzene rings is 2. The van der Waals surface area contributed by atoms with Gasteiger partial charge in [-0.2, -0.15) is 0 Å². The Morgan fingerprint density at radius 3 is 2.65 bits per heavy atom. The van der Waals surface area contributed by atoms with E-state index in [-0.39, 0.29) is 0 Å². The number of aryl methyl sites for hydroxylation is 1. The highest BCUT2D eigenvalue weighted by Gasteiger charge is 2.13. The monoisotopic (exact) mass is 229 g/mol. The maximum Gasteiger partial charge on any atom is 0.325 e. The first-order valence-corrected chi connectivity index (χ1v) is 5.57. The first-order chi connectivity index (χ1) is 8.09. The number of anilines is 1. The summed E-state index contributed by atoms with van der Waals surface area (Å²) < 4.78 is 0. The van der Waals surface area contributed by atoms with Crippen LogP contribution >= 0.6 is 0 Å². The van der Waals surface area contributed by atoms with Crippen molar-refractivity contribution in [2.45, 2.75) is 19.9 Å². The summed E-state index contributed by atoms with van der Waals surface area (Å²) in [6, 6.07) is 11.4. The van der Waals surface area contributed by atoms with Gasteiger partial charge in [0.05, 0.1) is 0 Å². The van der Waals surface area contributed by atoms with E-state index in [2.05, 4.69) is 5.32 Å². The molecular formula is C14H15NO2. The van der Waals surface area contributed by atoms with E-state index >= 15 is 0 Å². The predicted octanol–water partition coefficient (Wildman–Crippen LogP) is 3.03. The van der Waals surface area contributed by atoms with Crippen molar-refractivity contribution in [1.82, 2.24) is 0 Å². The SMILES string of the molecule is Cc1ccc2ccccc2c1N[C@@H](C)C(=O)O. The summed E-state index contributed by atoms with van der Waals surface area (Å²) in [5, 5.41) is 14.2. The number of hydrogen-bond acceptors (Lipinski definition) is 2. The molecule has 2 N–H and O–H groups in total. The largest absolute Gasteiger partial charge is 0.480 e. The minimum Gasteiger partial charge on any atom is -0.480 e. The zero-order valence-corrected chi connectivity index (χ0v) is 9.90. The second-order valence-corrected chi connectivity index (χ2v) is 4.18. The molecule has 0 aromatic heterocycles. The number of rotatable bonds is 3. The lowest BCUT2D eigenvalue weighted by molar-refractivity contribution is -0.137. The lowest BCUT2D eigenvalue weighted by Crippen LogP contribution is -2.25. The first kappa shape index (κ1) is 11.5. The van der Waals surface area contributed by atoms with E-state index in [1.807, 2.05) is 43.3 Å². The Labute approximate surface area is 100 Å². The van der Waals surface area contributed by atoms with Crippen molar-refractivity contribution in [3.05, 3.63) is 42.0 Å². The topological polar surface area (TPSA) is 49.3 Å². The molecule has 3 heteroatoms. The molecule has 0 fully saturated rings. The van der Waals surface area contributed by atoms with E-state index in [1.54, 1.807) is 6.92 Å². The van der Waals surface area contributed by atoms with E-state index in [4.69, 9.17) is 5.11 Å². The summed E-state index contributed by atoms with van der Waals surface area (Å²) in [5.74, 6) is -0.850. The Morgan fingerprint density at radius 1 is 1.24 bits per heavy atom. The van der Waals surface area contributed by atoms with Gasteiger partial charge in [-0.05, 0) is 24.8 Å². The van der Waals surface area contributed by atoms with E-state index in [1.165, 1.54) is 0 Å². The van der Waals surface area contributed by atoms with Crippen LogP contribution in [-0.4, -0.2) is 17.1 Å². The van der Waals surface area contributed by atoms with Gasteiger partial charge in [-0.25, -0.2) is 0 Å². The second-order valence-electron chi connectivity index (χ2n) is 4.18. The minimum atomic E-state index is -0.850. The molecule has 0 unspecified atom stereocenters. The van der Waals surface area contributed by atoms with Crippen molar-refractivity contribution < 1.29 is 9.90 Å². The van der Waals surface area contributed by atoms with Crippen molar-refractivity contribution in [2.75, 3.05) is 5.32 Å². The van der Waals surface area contributed by atoms with E-state index in [0.717, 1.165) is 22.0 Å². The Morgan fingerprint density at radius 2 is 1.94 bits per heavy atom. The van der Waals surface area contributed by atoms with Gasteiger partial charge in [0.1, 0.15) is 6.04 Å². The Hall–Kier alpha value is -2.03. The van der Waals surface area contributed by atoms with E-state index in [9.17, 15) is 4.79 Å². The van der Waals surface area contributed by atoms with Crippen LogP contribution in [-0.2, 0) is 4.79 Å². The van der Waals surface area contributed by atoms with Gasteiger partial charge in [0, 0.05) is 11.1 Å². The summed E-state index contributed by atoms with van der Waals surface area (Å²) in [7, 11) is 0. The summed E-state index contributed by atoms with van der Waals surface area (Å²) in [6.07, 6.45) is 0. The molecule has 2 aromatic carbocycles. The maximum absolute atomic E-state index is 10.9. The third-order valence-electron chi connectivity index (χ3n) is 2.87. The highest BCUT2D eigenvalue weighted by Crippen LogP contribution is 2.27. The minimum absolute atomic E-state index is 0.598. The van der Waals surface area contributed by atoms with Gasteiger partial charge < -0.3 is 10.4 Å². The van der Waals surface area contributed by atoms with Crippen LogP contribution in [0.3, 0.4) is 0 Å². The fourth-order valence-electron chi connectivity index (χ4n) is 1.85. The highest BCUT2D eigenvalue weighted by molar-refractivity contribution is 5.96. The normalized spacial score (nSPS) is 12.4. The molecule has 0 saturated carbocycles. The van der Waals surface area contributed by atoms with Gasteiger partial charge >= 0.3 is 5.97 Å². The highest BCUT2D eigenvalue weighted by atomic mass is 16.4. The third kappa shape index (κ3) is 2.23. The number of nitrogens with one attached hydrogen (secondary N) is 1. The van der Waals surface area contributed by atoms with Gasteiger partial charge in [-0.3, -0.25) is 4.79 Å². The number of carboxylic acid groups (broad SMARTS) is 1. The van der Waals surface area contributed by atoms with E-state index in [0.29, 0.717) is 0 Å². The molecule has 1 atom stereocenters. The Bertz CT molecular complexity index is 563. The van der Waals surface area contributed by atoms with Gasteiger partial charge in [0.25, 0.3) is 0 Å². The summed E-state index contributed by atoms with van der Waals surface area (Å²) in [6.45, 7) is 3.62. The van der Waals surface area contributed by atoms with Crippen LogP contribution in [0.5, 0.6) is 0 Å². The average Bonchev–Trinajstić information content (AvgIpc) is 2.32. The predicted molar refractivity (Wildman–Crippen MR) is 69.4 cm³/mol. The molecule has 0 aliphatic carbocycles.